The fraction of sp³-hybridized carbons (Fsp3) is 0.833. The van der Waals surface area contributed by atoms with Crippen LogP contribution in [-0.2, 0) is 9.59 Å². The summed E-state index contributed by atoms with van der Waals surface area (Å²) < 4.78 is 0. The molecule has 3 unspecified atom stereocenters. The van der Waals surface area contributed by atoms with Crippen LogP contribution in [0, 0.1) is 5.92 Å². The van der Waals surface area contributed by atoms with Crippen LogP contribution < -0.4 is 0 Å². The summed E-state index contributed by atoms with van der Waals surface area (Å²) in [5.41, 5.74) is -0.423. The monoisotopic (exact) mass is 240 g/mol. The fourth-order valence-corrected chi connectivity index (χ4v) is 2.67. The van der Waals surface area contributed by atoms with E-state index >= 15 is 0 Å². The molecule has 2 aliphatic heterocycles. The molecule has 5 heteroatoms. The molecule has 2 fully saturated rings. The highest BCUT2D eigenvalue weighted by Gasteiger charge is 2.59. The molecule has 1 N–H and O–H groups in total. The summed E-state index contributed by atoms with van der Waals surface area (Å²) in [6.07, 6.45) is 1.14. The van der Waals surface area contributed by atoms with E-state index in [1.54, 1.807) is 13.8 Å². The number of aliphatic hydroxyl groups excluding tert-OH is 1. The van der Waals surface area contributed by atoms with Crippen LogP contribution >= 0.6 is 0 Å². The maximum absolute atomic E-state index is 12.1. The number of likely N-dealkylation sites (tertiary alicyclic amines) is 2. The minimum absolute atomic E-state index is 0.0880. The number of carbonyl (C=O) groups excluding carboxylic acids is 2. The van der Waals surface area contributed by atoms with E-state index in [1.165, 1.54) is 4.90 Å². The molecular weight excluding hydrogens is 220 g/mol. The molecule has 2 saturated heterocycles. The highest BCUT2D eigenvalue weighted by Crippen LogP contribution is 2.38. The summed E-state index contributed by atoms with van der Waals surface area (Å²) in [6.45, 7) is 4.63. The van der Waals surface area contributed by atoms with Crippen LogP contribution in [0.4, 0.5) is 0 Å². The molecule has 3 atom stereocenters. The normalized spacial score (nSPS) is 32.7. The van der Waals surface area contributed by atoms with Crippen molar-refractivity contribution in [2.45, 2.75) is 38.3 Å². The van der Waals surface area contributed by atoms with Gasteiger partial charge in [-0.25, -0.2) is 0 Å². The van der Waals surface area contributed by atoms with Gasteiger partial charge in [0.05, 0.1) is 18.6 Å². The summed E-state index contributed by atoms with van der Waals surface area (Å²) in [5, 5.41) is 9.39. The van der Waals surface area contributed by atoms with Crippen LogP contribution in [0.2, 0.25) is 0 Å². The maximum Gasteiger partial charge on any atom is 0.251 e. The summed E-state index contributed by atoms with van der Waals surface area (Å²) in [6, 6.07) is 0. The summed E-state index contributed by atoms with van der Waals surface area (Å²) in [4.78, 5) is 27.4. The molecule has 2 aliphatic rings. The highest BCUT2D eigenvalue weighted by atomic mass is 16.3. The lowest BCUT2D eigenvalue weighted by atomic mass is 9.84. The minimum atomic E-state index is -0.715. The first kappa shape index (κ1) is 12.5. The molecule has 0 aromatic rings. The number of rotatable bonds is 2. The Morgan fingerprint density at radius 3 is 2.53 bits per heavy atom. The van der Waals surface area contributed by atoms with Crippen molar-refractivity contribution in [2.75, 3.05) is 20.1 Å². The Labute approximate surface area is 101 Å². The number of nitrogens with zero attached hydrogens (tertiary/aromatic N) is 2. The Morgan fingerprint density at radius 2 is 2.12 bits per heavy atom. The highest BCUT2D eigenvalue weighted by molar-refractivity contribution is 6.06. The standard InChI is InChI=1S/C12H20N2O3/c1-8(9(2)15)10(16)14-7-12(11(14)17)5-4-6-13(12)3/h8-9,15H,4-7H2,1-3H3. The SMILES string of the molecule is CC(O)C(C)C(=O)N1CC2(CCCN2C)C1=O. The lowest BCUT2D eigenvalue weighted by Crippen LogP contribution is -2.73. The van der Waals surface area contributed by atoms with E-state index in [-0.39, 0.29) is 11.8 Å². The molecule has 2 rings (SSSR count). The van der Waals surface area contributed by atoms with Crippen molar-refractivity contribution in [3.05, 3.63) is 0 Å². The molecule has 2 amide bonds. The topological polar surface area (TPSA) is 60.9 Å². The van der Waals surface area contributed by atoms with E-state index in [0.29, 0.717) is 6.54 Å². The molecule has 5 nitrogen and oxygen atoms in total. The van der Waals surface area contributed by atoms with Crippen molar-refractivity contribution in [1.82, 2.24) is 9.80 Å². The molecule has 0 aliphatic carbocycles. The van der Waals surface area contributed by atoms with Gasteiger partial charge in [0.25, 0.3) is 5.91 Å². The molecule has 96 valence electrons. The van der Waals surface area contributed by atoms with Crippen LogP contribution in [0.1, 0.15) is 26.7 Å². The van der Waals surface area contributed by atoms with Crippen LogP contribution in [0.3, 0.4) is 0 Å². The number of imide groups is 1. The van der Waals surface area contributed by atoms with Gasteiger partial charge >= 0.3 is 0 Å². The van der Waals surface area contributed by atoms with Gasteiger partial charge < -0.3 is 5.11 Å². The van der Waals surface area contributed by atoms with Gasteiger partial charge in [0.1, 0.15) is 5.54 Å². The van der Waals surface area contributed by atoms with Crippen molar-refractivity contribution in [3.8, 4) is 0 Å². The zero-order valence-electron chi connectivity index (χ0n) is 10.6. The lowest BCUT2D eigenvalue weighted by Gasteiger charge is -2.49. The van der Waals surface area contributed by atoms with Crippen LogP contribution in [0.25, 0.3) is 0 Å². The second-order valence-electron chi connectivity index (χ2n) is 5.32. The number of hydrogen-bond acceptors (Lipinski definition) is 4. The fourth-order valence-electron chi connectivity index (χ4n) is 2.67. The zero-order chi connectivity index (χ0) is 12.8. The first-order chi connectivity index (χ1) is 7.90. The van der Waals surface area contributed by atoms with Gasteiger partial charge in [-0.3, -0.25) is 19.4 Å². The van der Waals surface area contributed by atoms with Crippen LogP contribution in [-0.4, -0.2) is 58.5 Å². The Kier molecular flexibility index (Phi) is 2.99. The van der Waals surface area contributed by atoms with E-state index in [0.717, 1.165) is 19.4 Å². The first-order valence-electron chi connectivity index (χ1n) is 6.15. The number of hydrogen-bond donors (Lipinski definition) is 1. The maximum atomic E-state index is 12.1. The van der Waals surface area contributed by atoms with Gasteiger partial charge in [0.15, 0.2) is 0 Å². The van der Waals surface area contributed by atoms with Crippen LogP contribution in [0.15, 0.2) is 0 Å². The van der Waals surface area contributed by atoms with Gasteiger partial charge in [-0.2, -0.15) is 0 Å². The second-order valence-corrected chi connectivity index (χ2v) is 5.32. The molecule has 1 spiro atoms. The zero-order valence-corrected chi connectivity index (χ0v) is 10.6. The summed E-state index contributed by atoms with van der Waals surface area (Å²) in [5.74, 6) is -0.853. The Hall–Kier alpha value is -0.940. The van der Waals surface area contributed by atoms with Crippen molar-refractivity contribution in [3.63, 3.8) is 0 Å². The Bertz CT molecular complexity index is 356. The quantitative estimate of drug-likeness (QED) is 0.681. The molecule has 0 aromatic heterocycles. The third-order valence-corrected chi connectivity index (χ3v) is 4.26. The number of likely N-dealkylation sites (N-methyl/N-ethyl adjacent to an activating group) is 1. The van der Waals surface area contributed by atoms with E-state index in [4.69, 9.17) is 0 Å². The number of amides is 2. The molecule has 0 aromatic carbocycles. The summed E-state index contributed by atoms with van der Waals surface area (Å²) in [7, 11) is 1.94. The predicted molar refractivity (Wildman–Crippen MR) is 62.2 cm³/mol. The van der Waals surface area contributed by atoms with Gasteiger partial charge in [-0.1, -0.05) is 6.92 Å². The second kappa shape index (κ2) is 4.07. The predicted octanol–water partition coefficient (Wildman–Crippen LogP) is -0.163. The number of aliphatic hydroxyl groups is 1. The van der Waals surface area contributed by atoms with Gasteiger partial charge in [0, 0.05) is 0 Å². The van der Waals surface area contributed by atoms with E-state index in [9.17, 15) is 14.7 Å². The molecule has 17 heavy (non-hydrogen) atoms. The van der Waals surface area contributed by atoms with Gasteiger partial charge in [-0.15, -0.1) is 0 Å². The molecule has 0 radical (unpaired) electrons. The van der Waals surface area contributed by atoms with Gasteiger partial charge in [0.2, 0.25) is 5.91 Å². The molecular formula is C12H20N2O3. The van der Waals surface area contributed by atoms with Crippen molar-refractivity contribution in [1.29, 1.82) is 0 Å². The minimum Gasteiger partial charge on any atom is -0.393 e. The largest absolute Gasteiger partial charge is 0.393 e. The smallest absolute Gasteiger partial charge is 0.251 e. The van der Waals surface area contributed by atoms with Gasteiger partial charge in [-0.05, 0) is 33.4 Å². The molecule has 0 saturated carbocycles. The van der Waals surface area contributed by atoms with E-state index in [2.05, 4.69) is 0 Å². The summed E-state index contributed by atoms with van der Waals surface area (Å²) >= 11 is 0. The van der Waals surface area contributed by atoms with E-state index < -0.39 is 17.6 Å². The third kappa shape index (κ3) is 1.68. The molecule has 2 heterocycles. The van der Waals surface area contributed by atoms with Crippen LogP contribution in [0.5, 0.6) is 0 Å². The van der Waals surface area contributed by atoms with E-state index in [1.807, 2.05) is 11.9 Å². The third-order valence-electron chi connectivity index (χ3n) is 4.26. The average molecular weight is 240 g/mol. The molecule has 0 bridgehead atoms. The number of carbonyl (C=O) groups is 2. The van der Waals surface area contributed by atoms with Crippen molar-refractivity contribution >= 4 is 11.8 Å². The number of β-lactam (4-membered cyclic amide) rings is 1. The first-order valence-corrected chi connectivity index (χ1v) is 6.15. The van der Waals surface area contributed by atoms with Crippen molar-refractivity contribution in [2.24, 2.45) is 5.92 Å². The Morgan fingerprint density at radius 1 is 1.47 bits per heavy atom. The average Bonchev–Trinajstić information content (AvgIpc) is 2.67. The lowest BCUT2D eigenvalue weighted by molar-refractivity contribution is -0.171. The Balaban J connectivity index is 2.05. The van der Waals surface area contributed by atoms with Crippen molar-refractivity contribution < 1.29 is 14.7 Å².